The summed E-state index contributed by atoms with van der Waals surface area (Å²) in [7, 11) is 0. The van der Waals surface area contributed by atoms with Crippen LogP contribution in [0.25, 0.3) is 0 Å². The summed E-state index contributed by atoms with van der Waals surface area (Å²) < 4.78 is 5.35. The lowest BCUT2D eigenvalue weighted by Crippen LogP contribution is -2.17. The topological polar surface area (TPSA) is 29.5 Å². The first kappa shape index (κ1) is 23.4. The Kier molecular flexibility index (Phi) is 20.0. The largest absolute Gasteiger partial charge is 0.389 e. The maximum Gasteiger partial charge on any atom is 0.0908 e. The number of aliphatic hydroxyl groups is 1. The van der Waals surface area contributed by atoms with Gasteiger partial charge in [-0.2, -0.15) is 0 Å². The van der Waals surface area contributed by atoms with E-state index in [1.807, 2.05) is 0 Å². The van der Waals surface area contributed by atoms with E-state index in [4.69, 9.17) is 16.3 Å². The third-order valence-electron chi connectivity index (χ3n) is 3.68. The van der Waals surface area contributed by atoms with E-state index in [0.29, 0.717) is 6.61 Å². The van der Waals surface area contributed by atoms with Crippen LogP contribution in [-0.2, 0) is 4.74 Å². The summed E-state index contributed by atoms with van der Waals surface area (Å²) >= 11 is 5.49. The first-order chi connectivity index (χ1) is 11.8. The number of allylic oxidation sites excluding steroid dienone is 6. The standard InChI is InChI=1S/C21H37ClO2/c1-2-3-4-5-6-7-8-9-10-11-12-13-14-15-16-17-18-24-20-21(23)19-22/h3-4,6-7,9-10,21,23H,2,5,8,11-20H2,1H3. The maximum atomic E-state index is 9.22. The number of halogens is 1. The summed E-state index contributed by atoms with van der Waals surface area (Å²) in [6, 6.07) is 0. The summed E-state index contributed by atoms with van der Waals surface area (Å²) in [5.41, 5.74) is 0. The van der Waals surface area contributed by atoms with Crippen molar-refractivity contribution in [2.24, 2.45) is 0 Å². The van der Waals surface area contributed by atoms with Crippen molar-refractivity contribution in [2.75, 3.05) is 19.1 Å². The monoisotopic (exact) mass is 356 g/mol. The predicted octanol–water partition coefficient (Wildman–Crippen LogP) is 6.19. The van der Waals surface area contributed by atoms with Gasteiger partial charge in [0.1, 0.15) is 0 Å². The average molecular weight is 357 g/mol. The van der Waals surface area contributed by atoms with Crippen LogP contribution in [0, 0.1) is 0 Å². The molecule has 0 spiro atoms. The molecule has 0 aromatic rings. The highest BCUT2D eigenvalue weighted by Gasteiger charge is 2.00. The maximum absolute atomic E-state index is 9.22. The van der Waals surface area contributed by atoms with Crippen molar-refractivity contribution in [3.8, 4) is 0 Å². The van der Waals surface area contributed by atoms with Crippen LogP contribution in [0.4, 0.5) is 0 Å². The molecular weight excluding hydrogens is 320 g/mol. The Bertz CT molecular complexity index is 324. The fraction of sp³-hybridized carbons (Fsp3) is 0.714. The van der Waals surface area contributed by atoms with E-state index in [-0.39, 0.29) is 5.88 Å². The first-order valence-electron chi connectivity index (χ1n) is 9.58. The lowest BCUT2D eigenvalue weighted by molar-refractivity contribution is 0.0461. The van der Waals surface area contributed by atoms with Crippen LogP contribution < -0.4 is 0 Å². The van der Waals surface area contributed by atoms with Gasteiger partial charge in [-0.3, -0.25) is 0 Å². The van der Waals surface area contributed by atoms with Crippen LogP contribution in [-0.4, -0.2) is 30.3 Å². The average Bonchev–Trinajstić information content (AvgIpc) is 2.60. The molecular formula is C21H37ClO2. The second-order valence-corrected chi connectivity index (χ2v) is 6.40. The number of alkyl halides is 1. The highest BCUT2D eigenvalue weighted by molar-refractivity contribution is 6.18. The predicted molar refractivity (Wildman–Crippen MR) is 107 cm³/mol. The van der Waals surface area contributed by atoms with Gasteiger partial charge in [0, 0.05) is 6.61 Å². The zero-order valence-corrected chi connectivity index (χ0v) is 16.2. The number of unbranched alkanes of at least 4 members (excludes halogenated alkanes) is 6. The number of hydrogen-bond donors (Lipinski definition) is 1. The highest BCUT2D eigenvalue weighted by Crippen LogP contribution is 2.08. The normalized spacial score (nSPS) is 13.6. The van der Waals surface area contributed by atoms with Crippen molar-refractivity contribution in [1.29, 1.82) is 0 Å². The summed E-state index contributed by atoms with van der Waals surface area (Å²) in [6.07, 6.45) is 24.9. The van der Waals surface area contributed by atoms with Crippen molar-refractivity contribution in [3.63, 3.8) is 0 Å². The van der Waals surface area contributed by atoms with Gasteiger partial charge < -0.3 is 9.84 Å². The van der Waals surface area contributed by atoms with Crippen LogP contribution in [0.2, 0.25) is 0 Å². The highest BCUT2D eigenvalue weighted by atomic mass is 35.5. The Hall–Kier alpha value is -0.570. The van der Waals surface area contributed by atoms with Crippen molar-refractivity contribution in [2.45, 2.75) is 77.2 Å². The van der Waals surface area contributed by atoms with Gasteiger partial charge >= 0.3 is 0 Å². The molecule has 1 unspecified atom stereocenters. The molecule has 1 atom stereocenters. The smallest absolute Gasteiger partial charge is 0.0908 e. The minimum Gasteiger partial charge on any atom is -0.389 e. The van der Waals surface area contributed by atoms with Gasteiger partial charge in [-0.15, -0.1) is 11.6 Å². The van der Waals surface area contributed by atoms with Crippen molar-refractivity contribution in [1.82, 2.24) is 0 Å². The molecule has 3 heteroatoms. The molecule has 0 fully saturated rings. The van der Waals surface area contributed by atoms with Crippen LogP contribution in [0.5, 0.6) is 0 Å². The first-order valence-corrected chi connectivity index (χ1v) is 10.1. The molecule has 0 radical (unpaired) electrons. The Balaban J connectivity index is 3.19. The van der Waals surface area contributed by atoms with E-state index in [0.717, 1.165) is 32.3 Å². The molecule has 0 aromatic heterocycles. The second-order valence-electron chi connectivity index (χ2n) is 6.09. The Morgan fingerprint density at radius 1 is 0.833 bits per heavy atom. The van der Waals surface area contributed by atoms with Crippen LogP contribution in [0.3, 0.4) is 0 Å². The summed E-state index contributed by atoms with van der Waals surface area (Å²) in [5.74, 6) is 0.251. The summed E-state index contributed by atoms with van der Waals surface area (Å²) in [6.45, 7) is 3.26. The molecule has 0 aliphatic rings. The number of rotatable bonds is 17. The molecule has 0 saturated heterocycles. The Labute approximate surface area is 154 Å². The molecule has 1 N–H and O–H groups in total. The van der Waals surface area contributed by atoms with Gasteiger partial charge in [0.25, 0.3) is 0 Å². The lowest BCUT2D eigenvalue weighted by Gasteiger charge is -2.07. The van der Waals surface area contributed by atoms with E-state index < -0.39 is 6.10 Å². The molecule has 140 valence electrons. The SMILES string of the molecule is CCC=CCC=CCC=CCCCCCCCCOCC(O)CCl. The fourth-order valence-corrected chi connectivity index (χ4v) is 2.35. The van der Waals surface area contributed by atoms with E-state index >= 15 is 0 Å². The molecule has 0 bridgehead atoms. The number of ether oxygens (including phenoxy) is 1. The quantitative estimate of drug-likeness (QED) is 0.191. The van der Waals surface area contributed by atoms with Crippen LogP contribution in [0.15, 0.2) is 36.5 Å². The molecule has 0 heterocycles. The molecule has 0 aliphatic carbocycles. The fourth-order valence-electron chi connectivity index (χ4n) is 2.26. The molecule has 0 aromatic carbocycles. The van der Waals surface area contributed by atoms with Gasteiger partial charge in [-0.1, -0.05) is 69.1 Å². The third-order valence-corrected chi connectivity index (χ3v) is 4.03. The van der Waals surface area contributed by atoms with E-state index in [2.05, 4.69) is 43.4 Å². The minimum absolute atomic E-state index is 0.251. The van der Waals surface area contributed by atoms with Crippen LogP contribution in [0.1, 0.15) is 71.1 Å². The van der Waals surface area contributed by atoms with E-state index in [1.165, 1.54) is 38.5 Å². The van der Waals surface area contributed by atoms with Crippen molar-refractivity contribution >= 4 is 11.6 Å². The van der Waals surface area contributed by atoms with E-state index in [9.17, 15) is 5.11 Å². The molecule has 0 aliphatic heterocycles. The van der Waals surface area contributed by atoms with Gasteiger partial charge in [0.2, 0.25) is 0 Å². The zero-order valence-electron chi connectivity index (χ0n) is 15.5. The zero-order chi connectivity index (χ0) is 17.7. The van der Waals surface area contributed by atoms with Crippen molar-refractivity contribution < 1.29 is 9.84 Å². The van der Waals surface area contributed by atoms with Crippen molar-refractivity contribution in [3.05, 3.63) is 36.5 Å². The molecule has 24 heavy (non-hydrogen) atoms. The summed E-state index contributed by atoms with van der Waals surface area (Å²) in [5, 5.41) is 9.22. The van der Waals surface area contributed by atoms with E-state index in [1.54, 1.807) is 0 Å². The van der Waals surface area contributed by atoms with Gasteiger partial charge in [-0.05, 0) is 38.5 Å². The minimum atomic E-state index is -0.520. The Morgan fingerprint density at radius 2 is 1.42 bits per heavy atom. The molecule has 2 nitrogen and oxygen atoms in total. The number of hydrogen-bond acceptors (Lipinski definition) is 2. The third kappa shape index (κ3) is 19.5. The lowest BCUT2D eigenvalue weighted by atomic mass is 10.1. The van der Waals surface area contributed by atoms with Crippen LogP contribution >= 0.6 is 11.6 Å². The van der Waals surface area contributed by atoms with Gasteiger partial charge in [0.05, 0.1) is 18.6 Å². The Morgan fingerprint density at radius 3 is 2.08 bits per heavy atom. The molecule has 0 amide bonds. The van der Waals surface area contributed by atoms with Gasteiger partial charge in [0.15, 0.2) is 0 Å². The second kappa shape index (κ2) is 20.5. The molecule has 0 saturated carbocycles. The molecule has 0 rings (SSSR count). The number of aliphatic hydroxyl groups excluding tert-OH is 1. The summed E-state index contributed by atoms with van der Waals surface area (Å²) in [4.78, 5) is 0. The van der Waals surface area contributed by atoms with Gasteiger partial charge in [-0.25, -0.2) is 0 Å².